The molecule has 2 heterocycles. The maximum atomic E-state index is 12.6. The molecule has 2 amide bonds. The normalized spacial score (nSPS) is 17.7. The lowest BCUT2D eigenvalue weighted by atomic mass is 9.91. The predicted octanol–water partition coefficient (Wildman–Crippen LogP) is 5.16. The fourth-order valence-electron chi connectivity index (χ4n) is 3.49. The van der Waals surface area contributed by atoms with Crippen molar-refractivity contribution in [3.63, 3.8) is 0 Å². The number of anilines is 1. The van der Waals surface area contributed by atoms with E-state index in [-0.39, 0.29) is 25.0 Å². The monoisotopic (exact) mass is 464 g/mol. The van der Waals surface area contributed by atoms with Crippen LogP contribution in [-0.2, 0) is 0 Å². The summed E-state index contributed by atoms with van der Waals surface area (Å²) in [5.41, 5.74) is 2.11. The maximum Gasteiger partial charge on any atom is 0.389 e. The molecule has 0 aliphatic carbocycles. The molecule has 1 aliphatic heterocycles. The summed E-state index contributed by atoms with van der Waals surface area (Å²) >= 11 is 0. The summed E-state index contributed by atoms with van der Waals surface area (Å²) in [5.74, 6) is 1.39. The summed E-state index contributed by atoms with van der Waals surface area (Å²) in [6.45, 7) is 3.17. The standard InChI is InChI=1S/C23H27F3N4O3/c1-16-15-30(22(31)29-20-13-28-21(32-2)14-27-20)9-7-18(16)11-17-5-3-6-19(12-17)33-10-4-8-23(24,25)26/h3,5-6,11-14,16H,4,7-10,15H2,1-2H3,(H,27,29,31)/b18-11+. The van der Waals surface area contributed by atoms with Crippen molar-refractivity contribution in [2.75, 3.05) is 32.1 Å². The zero-order valence-electron chi connectivity index (χ0n) is 18.6. The van der Waals surface area contributed by atoms with Gasteiger partial charge in [0, 0.05) is 19.5 Å². The van der Waals surface area contributed by atoms with E-state index in [0.717, 1.165) is 5.56 Å². The van der Waals surface area contributed by atoms with E-state index in [2.05, 4.69) is 28.3 Å². The third kappa shape index (κ3) is 7.65. The number of urea groups is 1. The van der Waals surface area contributed by atoms with Crippen molar-refractivity contribution in [3.05, 3.63) is 47.8 Å². The molecule has 178 valence electrons. The van der Waals surface area contributed by atoms with Crippen LogP contribution in [-0.4, -0.2) is 53.9 Å². The average Bonchev–Trinajstić information content (AvgIpc) is 2.78. The van der Waals surface area contributed by atoms with Gasteiger partial charge in [0.2, 0.25) is 5.88 Å². The molecule has 1 saturated heterocycles. The summed E-state index contributed by atoms with van der Waals surface area (Å²) in [5, 5.41) is 2.74. The van der Waals surface area contributed by atoms with E-state index < -0.39 is 12.6 Å². The number of halogens is 3. The van der Waals surface area contributed by atoms with Crippen molar-refractivity contribution in [2.45, 2.75) is 32.4 Å². The van der Waals surface area contributed by atoms with Crippen molar-refractivity contribution in [1.82, 2.24) is 14.9 Å². The summed E-state index contributed by atoms with van der Waals surface area (Å²) < 4.78 is 47.2. The van der Waals surface area contributed by atoms with Gasteiger partial charge >= 0.3 is 12.2 Å². The van der Waals surface area contributed by atoms with E-state index in [1.54, 1.807) is 11.0 Å². The fraction of sp³-hybridized carbons (Fsp3) is 0.435. The lowest BCUT2D eigenvalue weighted by Crippen LogP contribution is -2.42. The Labute approximate surface area is 190 Å². The predicted molar refractivity (Wildman–Crippen MR) is 118 cm³/mol. The second-order valence-corrected chi connectivity index (χ2v) is 7.83. The molecule has 2 aromatic rings. The van der Waals surface area contributed by atoms with E-state index >= 15 is 0 Å². The van der Waals surface area contributed by atoms with Crippen LogP contribution in [0.3, 0.4) is 0 Å². The van der Waals surface area contributed by atoms with Gasteiger partial charge in [-0.3, -0.25) is 5.32 Å². The molecule has 3 rings (SSSR count). The highest BCUT2D eigenvalue weighted by molar-refractivity contribution is 5.88. The third-order valence-corrected chi connectivity index (χ3v) is 5.24. The molecule has 0 bridgehead atoms. The number of hydrogen-bond acceptors (Lipinski definition) is 5. The number of amides is 2. The highest BCUT2D eigenvalue weighted by atomic mass is 19.4. The van der Waals surface area contributed by atoms with Crippen LogP contribution in [0.5, 0.6) is 11.6 Å². The third-order valence-electron chi connectivity index (χ3n) is 5.24. The van der Waals surface area contributed by atoms with Gasteiger partial charge < -0.3 is 14.4 Å². The number of carbonyl (C=O) groups is 1. The molecule has 1 aliphatic rings. The molecule has 10 heteroatoms. The first-order valence-electron chi connectivity index (χ1n) is 10.7. The van der Waals surface area contributed by atoms with Crippen LogP contribution >= 0.6 is 0 Å². The number of methoxy groups -OCH3 is 1. The zero-order chi connectivity index (χ0) is 23.8. The minimum atomic E-state index is -4.17. The quantitative estimate of drug-likeness (QED) is 0.573. The van der Waals surface area contributed by atoms with Crippen LogP contribution in [0, 0.1) is 5.92 Å². The number of ether oxygens (including phenoxy) is 2. The minimum absolute atomic E-state index is 0.0125. The molecule has 1 fully saturated rings. The van der Waals surface area contributed by atoms with Gasteiger partial charge in [0.05, 0.1) is 26.1 Å². The molecule has 7 nitrogen and oxygen atoms in total. The second kappa shape index (κ2) is 11.0. The molecule has 33 heavy (non-hydrogen) atoms. The topological polar surface area (TPSA) is 76.6 Å². The second-order valence-electron chi connectivity index (χ2n) is 7.83. The number of likely N-dealkylation sites (tertiary alicyclic amines) is 1. The van der Waals surface area contributed by atoms with Crippen LogP contribution < -0.4 is 14.8 Å². The van der Waals surface area contributed by atoms with E-state index in [1.807, 2.05) is 18.2 Å². The summed E-state index contributed by atoms with van der Waals surface area (Å²) in [7, 11) is 1.49. The number of nitrogens with one attached hydrogen (secondary N) is 1. The van der Waals surface area contributed by atoms with Gasteiger partial charge in [-0.15, -0.1) is 0 Å². The zero-order valence-corrected chi connectivity index (χ0v) is 18.6. The van der Waals surface area contributed by atoms with Crippen LogP contribution in [0.4, 0.5) is 23.8 Å². The van der Waals surface area contributed by atoms with Crippen molar-refractivity contribution in [3.8, 4) is 11.6 Å². The number of rotatable bonds is 7. The Hall–Kier alpha value is -3.30. The van der Waals surface area contributed by atoms with E-state index in [1.165, 1.54) is 25.1 Å². The first-order chi connectivity index (χ1) is 15.7. The molecule has 0 spiro atoms. The molecule has 1 atom stereocenters. The summed E-state index contributed by atoms with van der Waals surface area (Å²) in [6.07, 6.45) is 0.531. The van der Waals surface area contributed by atoms with Crippen LogP contribution in [0.1, 0.15) is 31.7 Å². The molecule has 1 aromatic heterocycles. The number of benzene rings is 1. The Balaban J connectivity index is 1.53. The fourth-order valence-corrected chi connectivity index (χ4v) is 3.49. The van der Waals surface area contributed by atoms with Crippen molar-refractivity contribution < 1.29 is 27.4 Å². The van der Waals surface area contributed by atoms with Gasteiger partial charge in [-0.2, -0.15) is 13.2 Å². The molecule has 1 aromatic carbocycles. The lowest BCUT2D eigenvalue weighted by molar-refractivity contribution is -0.136. The SMILES string of the molecule is COc1cnc(NC(=O)N2CC/C(=C\c3cccc(OCCCC(F)(F)F)c3)C(C)C2)cn1. The Bertz CT molecular complexity index is 964. The van der Waals surface area contributed by atoms with Crippen LogP contribution in [0.25, 0.3) is 6.08 Å². The Kier molecular flexibility index (Phi) is 8.13. The number of piperidine rings is 1. The van der Waals surface area contributed by atoms with Crippen molar-refractivity contribution >= 4 is 17.9 Å². The lowest BCUT2D eigenvalue weighted by Gasteiger charge is -2.33. The maximum absolute atomic E-state index is 12.6. The molecular formula is C23H27F3N4O3. The first-order valence-corrected chi connectivity index (χ1v) is 10.7. The molecule has 0 saturated carbocycles. The summed E-state index contributed by atoms with van der Waals surface area (Å²) in [6, 6.07) is 7.04. The largest absolute Gasteiger partial charge is 0.494 e. The summed E-state index contributed by atoms with van der Waals surface area (Å²) in [4.78, 5) is 22.4. The van der Waals surface area contributed by atoms with Gasteiger partial charge in [0.15, 0.2) is 5.82 Å². The number of hydrogen-bond donors (Lipinski definition) is 1. The highest BCUT2D eigenvalue weighted by Crippen LogP contribution is 2.27. The Morgan fingerprint density at radius 1 is 1.30 bits per heavy atom. The van der Waals surface area contributed by atoms with E-state index in [0.29, 0.717) is 37.0 Å². The van der Waals surface area contributed by atoms with E-state index in [4.69, 9.17) is 9.47 Å². The first kappa shape index (κ1) is 24.3. The number of nitrogens with zero attached hydrogens (tertiary/aromatic N) is 3. The molecular weight excluding hydrogens is 437 g/mol. The van der Waals surface area contributed by atoms with Gasteiger partial charge in [-0.05, 0) is 36.5 Å². The minimum Gasteiger partial charge on any atom is -0.494 e. The van der Waals surface area contributed by atoms with Gasteiger partial charge in [-0.1, -0.05) is 30.7 Å². The van der Waals surface area contributed by atoms with Gasteiger partial charge in [0.1, 0.15) is 5.75 Å². The molecule has 1 N–H and O–H groups in total. The smallest absolute Gasteiger partial charge is 0.389 e. The van der Waals surface area contributed by atoms with E-state index in [9.17, 15) is 18.0 Å². The Morgan fingerprint density at radius 3 is 2.79 bits per heavy atom. The number of carbonyl (C=O) groups excluding carboxylic acids is 1. The highest BCUT2D eigenvalue weighted by Gasteiger charge is 2.26. The molecule has 1 unspecified atom stereocenters. The molecule has 0 radical (unpaired) electrons. The average molecular weight is 464 g/mol. The number of aromatic nitrogens is 2. The Morgan fingerprint density at radius 2 is 2.12 bits per heavy atom. The van der Waals surface area contributed by atoms with Crippen molar-refractivity contribution in [1.29, 1.82) is 0 Å². The van der Waals surface area contributed by atoms with Crippen molar-refractivity contribution in [2.24, 2.45) is 5.92 Å². The van der Waals surface area contributed by atoms with Gasteiger partial charge in [0.25, 0.3) is 0 Å². The van der Waals surface area contributed by atoms with Gasteiger partial charge in [-0.25, -0.2) is 14.8 Å². The van der Waals surface area contributed by atoms with Crippen LogP contribution in [0.15, 0.2) is 42.2 Å². The number of alkyl halides is 3. The van der Waals surface area contributed by atoms with Crippen LogP contribution in [0.2, 0.25) is 0 Å².